The maximum atomic E-state index is 13.0. The van der Waals surface area contributed by atoms with E-state index in [1.54, 1.807) is 6.33 Å². The van der Waals surface area contributed by atoms with Gasteiger partial charge in [0.15, 0.2) is 0 Å². The van der Waals surface area contributed by atoms with Crippen LogP contribution in [0.15, 0.2) is 104 Å². The van der Waals surface area contributed by atoms with Gasteiger partial charge in [0.1, 0.15) is 11.1 Å². The molecule has 0 aliphatic carbocycles. The quantitative estimate of drug-likeness (QED) is 0.206. The highest BCUT2D eigenvalue weighted by atomic mass is 16.6. The van der Waals surface area contributed by atoms with Crippen LogP contribution in [-0.2, 0) is 26.3 Å². The lowest BCUT2D eigenvalue weighted by molar-refractivity contribution is -0.160. The molecule has 0 radical (unpaired) electrons. The number of carbonyl (C=O) groups excluding carboxylic acids is 1. The van der Waals surface area contributed by atoms with Crippen molar-refractivity contribution in [2.24, 2.45) is 5.92 Å². The van der Waals surface area contributed by atoms with Gasteiger partial charge in [-0.2, -0.15) is 0 Å². The van der Waals surface area contributed by atoms with Gasteiger partial charge in [0.05, 0.1) is 17.9 Å². The maximum absolute atomic E-state index is 13.0. The third-order valence-electron chi connectivity index (χ3n) is 6.50. The van der Waals surface area contributed by atoms with Crippen molar-refractivity contribution in [2.75, 3.05) is 0 Å². The number of carboxylic acids is 1. The molecule has 0 unspecified atom stereocenters. The predicted molar refractivity (Wildman–Crippen MR) is 147 cm³/mol. The van der Waals surface area contributed by atoms with Crippen molar-refractivity contribution in [3.05, 3.63) is 126 Å². The van der Waals surface area contributed by atoms with E-state index < -0.39 is 29.0 Å². The first-order valence-corrected chi connectivity index (χ1v) is 12.8. The maximum Gasteiger partial charge on any atom is 0.309 e. The minimum atomic E-state index is -0.944. The van der Waals surface area contributed by atoms with Gasteiger partial charge in [0, 0.05) is 19.0 Å². The second-order valence-electron chi connectivity index (χ2n) is 10.4. The first kappa shape index (κ1) is 26.9. The molecule has 0 aliphatic heterocycles. The van der Waals surface area contributed by atoms with Crippen LogP contribution in [0.3, 0.4) is 0 Å². The van der Waals surface area contributed by atoms with Crippen molar-refractivity contribution >= 4 is 11.9 Å². The molecule has 196 valence electrons. The summed E-state index contributed by atoms with van der Waals surface area (Å²) in [6.07, 6.45) is 4.10. The van der Waals surface area contributed by atoms with Gasteiger partial charge in [-0.15, -0.1) is 0 Å². The fraction of sp³-hybridized carbons (Fsp3) is 0.281. The largest absolute Gasteiger partial charge is 0.481 e. The summed E-state index contributed by atoms with van der Waals surface area (Å²) in [5, 5.41) is 9.26. The Balaban J connectivity index is 1.81. The van der Waals surface area contributed by atoms with Crippen LogP contribution in [0.1, 0.15) is 56.0 Å². The van der Waals surface area contributed by atoms with Crippen LogP contribution in [0.2, 0.25) is 0 Å². The minimum absolute atomic E-state index is 0.118. The lowest BCUT2D eigenvalue weighted by Gasteiger charge is -2.37. The lowest BCUT2D eigenvalue weighted by atomic mass is 9.77. The molecule has 3 aromatic carbocycles. The molecule has 4 aromatic rings. The number of carboxylic acid groups (broad SMARTS) is 1. The number of rotatable bonds is 10. The van der Waals surface area contributed by atoms with Gasteiger partial charge < -0.3 is 14.4 Å². The Morgan fingerprint density at radius 2 is 1.32 bits per heavy atom. The number of imidazole rings is 1. The lowest BCUT2D eigenvalue weighted by Crippen LogP contribution is -2.37. The number of esters is 1. The molecule has 1 N–H and O–H groups in total. The molecule has 0 spiro atoms. The van der Waals surface area contributed by atoms with Crippen molar-refractivity contribution < 1.29 is 19.4 Å². The van der Waals surface area contributed by atoms with E-state index in [9.17, 15) is 14.7 Å². The molecule has 4 rings (SSSR count). The van der Waals surface area contributed by atoms with Crippen molar-refractivity contribution in [1.29, 1.82) is 0 Å². The topological polar surface area (TPSA) is 81.4 Å². The van der Waals surface area contributed by atoms with E-state index in [-0.39, 0.29) is 19.3 Å². The van der Waals surface area contributed by atoms with Crippen molar-refractivity contribution in [1.82, 2.24) is 9.55 Å². The Labute approximate surface area is 223 Å². The molecule has 0 aliphatic rings. The summed E-state index contributed by atoms with van der Waals surface area (Å²) >= 11 is 0. The van der Waals surface area contributed by atoms with E-state index in [0.29, 0.717) is 5.69 Å². The molecule has 0 bridgehead atoms. The number of benzene rings is 3. The first-order chi connectivity index (χ1) is 18.2. The Morgan fingerprint density at radius 3 is 1.74 bits per heavy atom. The zero-order valence-corrected chi connectivity index (χ0v) is 22.1. The summed E-state index contributed by atoms with van der Waals surface area (Å²) in [5.41, 5.74) is 2.51. The molecule has 0 amide bonds. The van der Waals surface area contributed by atoms with Crippen LogP contribution in [0.4, 0.5) is 0 Å². The molecule has 0 saturated carbocycles. The fourth-order valence-electron chi connectivity index (χ4n) is 4.88. The monoisotopic (exact) mass is 510 g/mol. The smallest absolute Gasteiger partial charge is 0.309 e. The Hall–Kier alpha value is -4.19. The normalized spacial score (nSPS) is 12.6. The summed E-state index contributed by atoms with van der Waals surface area (Å²) in [6.45, 7) is 5.42. The Bertz CT molecular complexity index is 1250. The van der Waals surface area contributed by atoms with Crippen LogP contribution >= 0.6 is 0 Å². The zero-order valence-electron chi connectivity index (χ0n) is 22.1. The highest BCUT2D eigenvalue weighted by molar-refractivity contribution is 5.74. The average Bonchev–Trinajstić information content (AvgIpc) is 3.36. The molecular formula is C32H34N2O4. The van der Waals surface area contributed by atoms with E-state index in [4.69, 9.17) is 9.72 Å². The van der Waals surface area contributed by atoms with E-state index in [0.717, 1.165) is 16.7 Å². The molecule has 6 nitrogen and oxygen atoms in total. The van der Waals surface area contributed by atoms with E-state index in [1.807, 2.05) is 81.6 Å². The fourth-order valence-corrected chi connectivity index (χ4v) is 4.88. The third kappa shape index (κ3) is 6.02. The van der Waals surface area contributed by atoms with Crippen LogP contribution in [-0.4, -0.2) is 32.2 Å². The first-order valence-electron chi connectivity index (χ1n) is 12.8. The standard InChI is InChI=1S/C32H34N2O4/c1-31(2,3)38-30(37)24(19-20-29(35)36)21-28-22-34(23-33-28)32(25-13-7-4-8-14-25,26-15-9-5-10-16-26)27-17-11-6-12-18-27/h4-18,22-24H,19-21H2,1-3H3,(H,35,36)/t24-/m0/s1. The molecular weight excluding hydrogens is 476 g/mol. The third-order valence-corrected chi connectivity index (χ3v) is 6.50. The van der Waals surface area contributed by atoms with E-state index in [2.05, 4.69) is 41.0 Å². The summed E-state index contributed by atoms with van der Waals surface area (Å²) in [4.78, 5) is 29.0. The van der Waals surface area contributed by atoms with E-state index >= 15 is 0 Å². The van der Waals surface area contributed by atoms with Crippen molar-refractivity contribution in [2.45, 2.75) is 51.2 Å². The SMILES string of the molecule is CC(C)(C)OC(=O)[C@@H](CCC(=O)O)Cc1cn(C(c2ccccc2)(c2ccccc2)c2ccccc2)cn1. The highest BCUT2D eigenvalue weighted by Crippen LogP contribution is 2.41. The Kier molecular flexibility index (Phi) is 8.10. The average molecular weight is 511 g/mol. The number of aliphatic carboxylic acids is 1. The molecule has 0 fully saturated rings. The molecule has 1 aromatic heterocycles. The number of carbonyl (C=O) groups is 2. The van der Waals surface area contributed by atoms with Crippen LogP contribution < -0.4 is 0 Å². The molecule has 1 atom stereocenters. The minimum Gasteiger partial charge on any atom is -0.481 e. The molecule has 6 heteroatoms. The number of hydrogen-bond acceptors (Lipinski definition) is 4. The summed E-state index contributed by atoms with van der Waals surface area (Å²) in [7, 11) is 0. The number of hydrogen-bond donors (Lipinski definition) is 1. The van der Waals surface area contributed by atoms with Crippen LogP contribution in [0, 0.1) is 5.92 Å². The zero-order chi connectivity index (χ0) is 27.2. The van der Waals surface area contributed by atoms with Crippen LogP contribution in [0.25, 0.3) is 0 Å². The molecule has 1 heterocycles. The summed E-state index contributed by atoms with van der Waals surface area (Å²) in [5.74, 6) is -1.97. The van der Waals surface area contributed by atoms with Crippen molar-refractivity contribution in [3.63, 3.8) is 0 Å². The van der Waals surface area contributed by atoms with Gasteiger partial charge in [-0.05, 0) is 43.9 Å². The van der Waals surface area contributed by atoms with Crippen molar-refractivity contribution in [3.8, 4) is 0 Å². The van der Waals surface area contributed by atoms with Gasteiger partial charge in [-0.3, -0.25) is 9.59 Å². The number of aromatic nitrogens is 2. The van der Waals surface area contributed by atoms with Gasteiger partial charge in [-0.25, -0.2) is 4.98 Å². The van der Waals surface area contributed by atoms with Gasteiger partial charge in [-0.1, -0.05) is 91.0 Å². The molecule has 0 saturated heterocycles. The van der Waals surface area contributed by atoms with Crippen LogP contribution in [0.5, 0.6) is 0 Å². The van der Waals surface area contributed by atoms with Gasteiger partial charge in [0.2, 0.25) is 0 Å². The predicted octanol–water partition coefficient (Wildman–Crippen LogP) is 6.09. The summed E-state index contributed by atoms with van der Waals surface area (Å²) in [6, 6.07) is 30.8. The highest BCUT2D eigenvalue weighted by Gasteiger charge is 2.38. The molecule has 38 heavy (non-hydrogen) atoms. The number of ether oxygens (including phenoxy) is 1. The van der Waals surface area contributed by atoms with Gasteiger partial charge >= 0.3 is 11.9 Å². The van der Waals surface area contributed by atoms with Gasteiger partial charge in [0.25, 0.3) is 0 Å². The summed E-state index contributed by atoms with van der Waals surface area (Å²) < 4.78 is 7.71. The second kappa shape index (κ2) is 11.5. The number of nitrogens with zero attached hydrogens (tertiary/aromatic N) is 2. The second-order valence-corrected chi connectivity index (χ2v) is 10.4. The van der Waals surface area contributed by atoms with E-state index in [1.165, 1.54) is 0 Å². The Morgan fingerprint density at radius 1 is 0.842 bits per heavy atom.